The highest BCUT2D eigenvalue weighted by molar-refractivity contribution is 5.66. The van der Waals surface area contributed by atoms with Crippen LogP contribution in [-0.4, -0.2) is 6.29 Å². The minimum absolute atomic E-state index is 0.285. The quantitative estimate of drug-likeness (QED) is 0.492. The molecular weight excluding hydrogens is 172 g/mol. The highest BCUT2D eigenvalue weighted by Crippen LogP contribution is 2.30. The van der Waals surface area contributed by atoms with Gasteiger partial charge in [0.05, 0.1) is 5.41 Å². The van der Waals surface area contributed by atoms with E-state index in [1.807, 2.05) is 0 Å². The summed E-state index contributed by atoms with van der Waals surface area (Å²) < 4.78 is 0. The van der Waals surface area contributed by atoms with E-state index >= 15 is 0 Å². The van der Waals surface area contributed by atoms with Gasteiger partial charge in [0.1, 0.15) is 6.29 Å². The van der Waals surface area contributed by atoms with Crippen LogP contribution in [0, 0.1) is 11.3 Å². The third-order valence-corrected chi connectivity index (χ3v) is 2.66. The van der Waals surface area contributed by atoms with Crippen LogP contribution in [0.15, 0.2) is 24.3 Å². The largest absolute Gasteiger partial charge is 0.302 e. The fraction of sp³-hybridized carbons (Fsp3) is 0.615. The van der Waals surface area contributed by atoms with Crippen molar-refractivity contribution in [3.8, 4) is 0 Å². The van der Waals surface area contributed by atoms with Crippen LogP contribution >= 0.6 is 0 Å². The van der Waals surface area contributed by atoms with Crippen LogP contribution in [-0.2, 0) is 4.79 Å². The molecule has 1 rings (SSSR count). The van der Waals surface area contributed by atoms with E-state index in [2.05, 4.69) is 38.2 Å². The number of carbonyl (C=O) groups is 1. The van der Waals surface area contributed by atoms with Gasteiger partial charge < -0.3 is 4.79 Å². The summed E-state index contributed by atoms with van der Waals surface area (Å²) in [5, 5.41) is 0. The van der Waals surface area contributed by atoms with Crippen molar-refractivity contribution < 1.29 is 4.79 Å². The maximum Gasteiger partial charge on any atom is 0.133 e. The van der Waals surface area contributed by atoms with Crippen molar-refractivity contribution in [3.63, 3.8) is 0 Å². The van der Waals surface area contributed by atoms with Crippen molar-refractivity contribution in [2.75, 3.05) is 0 Å². The minimum atomic E-state index is -0.285. The second-order valence-electron chi connectivity index (χ2n) is 4.56. The summed E-state index contributed by atoms with van der Waals surface area (Å²) in [7, 11) is 0. The van der Waals surface area contributed by atoms with Crippen LogP contribution in [0.1, 0.15) is 39.5 Å². The molecule has 0 radical (unpaired) electrons. The van der Waals surface area contributed by atoms with Crippen molar-refractivity contribution in [1.29, 1.82) is 0 Å². The first-order chi connectivity index (χ1) is 6.68. The van der Waals surface area contributed by atoms with Crippen molar-refractivity contribution in [3.05, 3.63) is 24.3 Å². The first-order valence-corrected chi connectivity index (χ1v) is 5.50. The molecule has 0 saturated heterocycles. The van der Waals surface area contributed by atoms with E-state index in [0.717, 1.165) is 32.0 Å². The van der Waals surface area contributed by atoms with Gasteiger partial charge in [-0.15, -0.1) is 0 Å². The van der Waals surface area contributed by atoms with Crippen molar-refractivity contribution in [2.24, 2.45) is 11.3 Å². The van der Waals surface area contributed by atoms with Gasteiger partial charge in [0, 0.05) is 0 Å². The van der Waals surface area contributed by atoms with Crippen molar-refractivity contribution in [1.82, 2.24) is 0 Å². The second-order valence-corrected chi connectivity index (χ2v) is 4.56. The molecule has 0 aliphatic heterocycles. The molecule has 0 heterocycles. The third kappa shape index (κ3) is 3.13. The first kappa shape index (κ1) is 11.2. The zero-order valence-corrected chi connectivity index (χ0v) is 9.20. The molecule has 1 heteroatoms. The van der Waals surface area contributed by atoms with Crippen molar-refractivity contribution >= 4 is 6.29 Å². The number of carbonyl (C=O) groups excluding carboxylic acids is 1. The number of hydrogen-bond acceptors (Lipinski definition) is 1. The molecule has 1 nitrogen and oxygen atoms in total. The summed E-state index contributed by atoms with van der Waals surface area (Å²) in [4.78, 5) is 11.1. The van der Waals surface area contributed by atoms with Crippen LogP contribution in [0.3, 0.4) is 0 Å². The highest BCUT2D eigenvalue weighted by atomic mass is 16.1. The molecule has 0 aromatic carbocycles. The second kappa shape index (κ2) is 5.14. The fourth-order valence-corrected chi connectivity index (χ4v) is 1.75. The van der Waals surface area contributed by atoms with E-state index in [0.29, 0.717) is 5.92 Å². The monoisotopic (exact) mass is 192 g/mol. The Kier molecular flexibility index (Phi) is 4.12. The first-order valence-electron chi connectivity index (χ1n) is 5.50. The molecule has 0 N–H and O–H groups in total. The predicted octanol–water partition coefficient (Wildman–Crippen LogP) is 3.51. The normalized spacial score (nSPS) is 27.4. The number of rotatable bonds is 4. The zero-order chi connectivity index (χ0) is 10.4. The van der Waals surface area contributed by atoms with E-state index < -0.39 is 0 Å². The minimum Gasteiger partial charge on any atom is -0.302 e. The van der Waals surface area contributed by atoms with Crippen LogP contribution in [0.4, 0.5) is 0 Å². The molecule has 14 heavy (non-hydrogen) atoms. The lowest BCUT2D eigenvalue weighted by atomic mass is 9.80. The SMILES string of the molecule is CC(C)CC=CC1(C=O)C=CCCC1. The van der Waals surface area contributed by atoms with Crippen LogP contribution in [0.25, 0.3) is 0 Å². The van der Waals surface area contributed by atoms with Gasteiger partial charge >= 0.3 is 0 Å². The molecule has 0 amide bonds. The molecule has 0 saturated carbocycles. The summed E-state index contributed by atoms with van der Waals surface area (Å²) >= 11 is 0. The molecule has 1 unspecified atom stereocenters. The van der Waals surface area contributed by atoms with Gasteiger partial charge in [0.15, 0.2) is 0 Å². The molecule has 0 aromatic heterocycles. The lowest BCUT2D eigenvalue weighted by Crippen LogP contribution is -2.19. The Morgan fingerprint density at radius 3 is 2.79 bits per heavy atom. The molecule has 0 spiro atoms. The van der Waals surface area contributed by atoms with Gasteiger partial charge in [0.2, 0.25) is 0 Å². The highest BCUT2D eigenvalue weighted by Gasteiger charge is 2.24. The Balaban J connectivity index is 2.61. The van der Waals surface area contributed by atoms with Gasteiger partial charge in [-0.3, -0.25) is 0 Å². The third-order valence-electron chi connectivity index (χ3n) is 2.66. The average molecular weight is 192 g/mol. The molecule has 0 fully saturated rings. The van der Waals surface area contributed by atoms with E-state index in [9.17, 15) is 4.79 Å². The standard InChI is InChI=1S/C13H20O/c1-12(2)7-6-10-13(11-14)8-4-3-5-9-13/h4,6,8,10-12H,3,5,7,9H2,1-2H3. The molecule has 78 valence electrons. The summed E-state index contributed by atoms with van der Waals surface area (Å²) in [6.07, 6.45) is 13.8. The van der Waals surface area contributed by atoms with Gasteiger partial charge in [-0.05, 0) is 31.6 Å². The van der Waals surface area contributed by atoms with Gasteiger partial charge in [-0.2, -0.15) is 0 Å². The van der Waals surface area contributed by atoms with Gasteiger partial charge in [-0.25, -0.2) is 0 Å². The van der Waals surface area contributed by atoms with Crippen LogP contribution < -0.4 is 0 Å². The lowest BCUT2D eigenvalue weighted by Gasteiger charge is -2.23. The van der Waals surface area contributed by atoms with E-state index in [1.165, 1.54) is 0 Å². The molecular formula is C13H20O. The smallest absolute Gasteiger partial charge is 0.133 e. The van der Waals surface area contributed by atoms with E-state index in [4.69, 9.17) is 0 Å². The van der Waals surface area contributed by atoms with Gasteiger partial charge in [-0.1, -0.05) is 38.2 Å². The Hall–Kier alpha value is -0.850. The van der Waals surface area contributed by atoms with Crippen molar-refractivity contribution in [2.45, 2.75) is 39.5 Å². The summed E-state index contributed by atoms with van der Waals surface area (Å²) in [6, 6.07) is 0. The topological polar surface area (TPSA) is 17.1 Å². The Morgan fingerprint density at radius 2 is 2.29 bits per heavy atom. The molecule has 0 aromatic rings. The maximum atomic E-state index is 11.1. The number of aldehydes is 1. The summed E-state index contributed by atoms with van der Waals surface area (Å²) in [6.45, 7) is 4.38. The van der Waals surface area contributed by atoms with Crippen LogP contribution in [0.2, 0.25) is 0 Å². The number of allylic oxidation sites excluding steroid dienone is 4. The summed E-state index contributed by atoms with van der Waals surface area (Å²) in [5.41, 5.74) is -0.285. The molecule has 1 aliphatic carbocycles. The Morgan fingerprint density at radius 1 is 1.50 bits per heavy atom. The number of hydrogen-bond donors (Lipinski definition) is 0. The van der Waals surface area contributed by atoms with Gasteiger partial charge in [0.25, 0.3) is 0 Å². The molecule has 1 aliphatic rings. The van der Waals surface area contributed by atoms with E-state index in [-0.39, 0.29) is 5.41 Å². The summed E-state index contributed by atoms with van der Waals surface area (Å²) in [5.74, 6) is 0.669. The zero-order valence-electron chi connectivity index (χ0n) is 9.20. The maximum absolute atomic E-state index is 11.1. The predicted molar refractivity (Wildman–Crippen MR) is 60.1 cm³/mol. The van der Waals surface area contributed by atoms with E-state index in [1.54, 1.807) is 0 Å². The Labute approximate surface area is 86.9 Å². The van der Waals surface area contributed by atoms with Crippen LogP contribution in [0.5, 0.6) is 0 Å². The molecule has 1 atom stereocenters. The fourth-order valence-electron chi connectivity index (χ4n) is 1.75. The average Bonchev–Trinajstić information content (AvgIpc) is 2.19. The lowest BCUT2D eigenvalue weighted by molar-refractivity contribution is -0.112. The Bertz CT molecular complexity index is 238. The molecule has 0 bridgehead atoms.